The van der Waals surface area contributed by atoms with E-state index in [1.165, 1.54) is 0 Å². The first-order valence-corrected chi connectivity index (χ1v) is 3.15. The van der Waals surface area contributed by atoms with Crippen molar-refractivity contribution < 1.29 is 66.0 Å². The number of hydrogen-bond acceptors (Lipinski definition) is 3. The van der Waals surface area contributed by atoms with Crippen LogP contribution in [0.2, 0.25) is 0 Å². The average molecular weight is 192 g/mol. The van der Waals surface area contributed by atoms with Gasteiger partial charge in [0.1, 0.15) is 0 Å². The number of benzene rings is 1. The summed E-state index contributed by atoms with van der Waals surface area (Å²) in [6.07, 6.45) is 0. The standard InChI is InChI=1S/C8H9O3.K/c1-10-7-3-2-4-8(5-7)11-6-9;/h3-5,9H,6H2,1H3;/q-1;+1. The molecule has 0 saturated carbocycles. The van der Waals surface area contributed by atoms with Gasteiger partial charge in [0.15, 0.2) is 6.79 Å². The normalized spacial score (nSPS) is 8.50. The molecule has 1 N–H and O–H groups in total. The van der Waals surface area contributed by atoms with E-state index in [4.69, 9.17) is 14.6 Å². The maximum Gasteiger partial charge on any atom is 1.00 e. The van der Waals surface area contributed by atoms with E-state index in [1.54, 1.807) is 25.3 Å². The molecule has 0 unspecified atom stereocenters. The van der Waals surface area contributed by atoms with Crippen molar-refractivity contribution in [2.45, 2.75) is 0 Å². The Balaban J connectivity index is 0.00000121. The molecule has 0 aromatic heterocycles. The van der Waals surface area contributed by atoms with Gasteiger partial charge in [-0.25, -0.2) is 0 Å². The van der Waals surface area contributed by atoms with E-state index < -0.39 is 0 Å². The molecule has 4 heteroatoms. The Morgan fingerprint density at radius 3 is 2.67 bits per heavy atom. The molecule has 0 saturated heterocycles. The summed E-state index contributed by atoms with van der Waals surface area (Å²) >= 11 is 0. The summed E-state index contributed by atoms with van der Waals surface area (Å²) in [5.41, 5.74) is 0. The average Bonchev–Trinajstić information content (AvgIpc) is 2.06. The Hall–Kier alpha value is 0.416. The van der Waals surface area contributed by atoms with E-state index in [2.05, 4.69) is 6.07 Å². The quantitative estimate of drug-likeness (QED) is 0.336. The number of hydrogen-bond donors (Lipinski definition) is 1. The van der Waals surface area contributed by atoms with Crippen LogP contribution < -0.4 is 60.9 Å². The van der Waals surface area contributed by atoms with Crippen molar-refractivity contribution in [2.75, 3.05) is 13.9 Å². The Morgan fingerprint density at radius 1 is 1.42 bits per heavy atom. The van der Waals surface area contributed by atoms with Crippen molar-refractivity contribution in [1.29, 1.82) is 0 Å². The van der Waals surface area contributed by atoms with Gasteiger partial charge < -0.3 is 14.6 Å². The van der Waals surface area contributed by atoms with Crippen LogP contribution in [-0.4, -0.2) is 19.0 Å². The van der Waals surface area contributed by atoms with Gasteiger partial charge in [-0.3, -0.25) is 0 Å². The smallest absolute Gasteiger partial charge is 0.554 e. The molecule has 60 valence electrons. The van der Waals surface area contributed by atoms with Gasteiger partial charge in [0.2, 0.25) is 0 Å². The molecule has 1 aromatic carbocycles. The van der Waals surface area contributed by atoms with Crippen molar-refractivity contribution in [1.82, 2.24) is 0 Å². The molecule has 0 aliphatic carbocycles. The SMILES string of the molecule is COc1c[c-]cc(OCO)c1.[K+]. The Kier molecular flexibility index (Phi) is 7.12. The van der Waals surface area contributed by atoms with Crippen molar-refractivity contribution in [2.24, 2.45) is 0 Å². The van der Waals surface area contributed by atoms with Gasteiger partial charge in [0.25, 0.3) is 0 Å². The first kappa shape index (κ1) is 12.4. The summed E-state index contributed by atoms with van der Waals surface area (Å²) < 4.78 is 9.70. The van der Waals surface area contributed by atoms with E-state index in [1.807, 2.05) is 0 Å². The van der Waals surface area contributed by atoms with Crippen molar-refractivity contribution in [3.8, 4) is 11.5 Å². The summed E-state index contributed by atoms with van der Waals surface area (Å²) in [5, 5.41) is 8.41. The van der Waals surface area contributed by atoms with Crippen LogP contribution in [0.5, 0.6) is 11.5 Å². The van der Waals surface area contributed by atoms with Gasteiger partial charge in [0.05, 0.1) is 7.11 Å². The number of rotatable bonds is 3. The molecule has 0 heterocycles. The fraction of sp³-hybridized carbons (Fsp3) is 0.250. The minimum atomic E-state index is -0.332. The second kappa shape index (κ2) is 6.88. The Morgan fingerprint density at radius 2 is 2.08 bits per heavy atom. The molecule has 0 spiro atoms. The zero-order valence-corrected chi connectivity index (χ0v) is 10.3. The molecule has 0 radical (unpaired) electrons. The number of ether oxygens (including phenoxy) is 2. The number of aliphatic hydroxyl groups is 1. The first-order valence-electron chi connectivity index (χ1n) is 3.15. The van der Waals surface area contributed by atoms with E-state index >= 15 is 0 Å². The van der Waals surface area contributed by atoms with Gasteiger partial charge in [-0.2, -0.15) is 6.07 Å². The van der Waals surface area contributed by atoms with Gasteiger partial charge in [-0.15, -0.1) is 12.1 Å². The number of methoxy groups -OCH3 is 1. The van der Waals surface area contributed by atoms with Crippen LogP contribution in [0.3, 0.4) is 0 Å². The molecule has 0 aliphatic rings. The summed E-state index contributed by atoms with van der Waals surface area (Å²) in [7, 11) is 1.56. The predicted octanol–water partition coefficient (Wildman–Crippen LogP) is -2.17. The third-order valence-electron chi connectivity index (χ3n) is 1.20. The summed E-state index contributed by atoms with van der Waals surface area (Å²) in [6, 6.07) is 7.79. The molecule has 0 atom stereocenters. The largest absolute Gasteiger partial charge is 1.00 e. The van der Waals surface area contributed by atoms with Crippen LogP contribution in [0.15, 0.2) is 18.2 Å². The Labute approximate surface area is 114 Å². The van der Waals surface area contributed by atoms with Crippen molar-refractivity contribution >= 4 is 0 Å². The molecule has 0 fully saturated rings. The molecule has 12 heavy (non-hydrogen) atoms. The maximum atomic E-state index is 8.41. The second-order valence-corrected chi connectivity index (χ2v) is 1.88. The number of aliphatic hydroxyl groups excluding tert-OH is 1. The van der Waals surface area contributed by atoms with Gasteiger partial charge in [-0.05, 0) is 0 Å². The van der Waals surface area contributed by atoms with Crippen LogP contribution in [0, 0.1) is 6.07 Å². The van der Waals surface area contributed by atoms with Crippen LogP contribution in [0.4, 0.5) is 0 Å². The summed E-state index contributed by atoms with van der Waals surface area (Å²) in [5.74, 6) is 1.21. The van der Waals surface area contributed by atoms with E-state index in [-0.39, 0.29) is 58.2 Å². The Bertz CT molecular complexity index is 227. The molecule has 0 aliphatic heterocycles. The van der Waals surface area contributed by atoms with Crippen LogP contribution >= 0.6 is 0 Å². The zero-order chi connectivity index (χ0) is 8.10. The van der Waals surface area contributed by atoms with E-state index in [9.17, 15) is 0 Å². The fourth-order valence-electron chi connectivity index (χ4n) is 0.705. The van der Waals surface area contributed by atoms with Crippen LogP contribution in [0.25, 0.3) is 0 Å². The van der Waals surface area contributed by atoms with Crippen molar-refractivity contribution in [3.63, 3.8) is 0 Å². The predicted molar refractivity (Wildman–Crippen MR) is 39.5 cm³/mol. The summed E-state index contributed by atoms with van der Waals surface area (Å²) in [6.45, 7) is -0.332. The maximum absolute atomic E-state index is 8.41. The van der Waals surface area contributed by atoms with Gasteiger partial charge in [0, 0.05) is 11.5 Å². The molecule has 1 rings (SSSR count). The first-order chi connectivity index (χ1) is 5.36. The third kappa shape index (κ3) is 3.89. The molecular weight excluding hydrogens is 183 g/mol. The van der Waals surface area contributed by atoms with E-state index in [0.29, 0.717) is 11.5 Å². The molecule has 3 nitrogen and oxygen atoms in total. The van der Waals surface area contributed by atoms with Gasteiger partial charge >= 0.3 is 51.4 Å². The molecule has 0 amide bonds. The molecule has 1 aromatic rings. The molecular formula is C8H9KO3. The van der Waals surface area contributed by atoms with Crippen LogP contribution in [-0.2, 0) is 0 Å². The van der Waals surface area contributed by atoms with Crippen LogP contribution in [0.1, 0.15) is 0 Å². The summed E-state index contributed by atoms with van der Waals surface area (Å²) in [4.78, 5) is 0. The minimum Gasteiger partial charge on any atom is -0.554 e. The zero-order valence-electron chi connectivity index (χ0n) is 7.20. The minimum absolute atomic E-state index is 0. The fourth-order valence-corrected chi connectivity index (χ4v) is 0.705. The topological polar surface area (TPSA) is 38.7 Å². The van der Waals surface area contributed by atoms with Crippen molar-refractivity contribution in [3.05, 3.63) is 24.3 Å². The molecule has 0 bridgehead atoms. The third-order valence-corrected chi connectivity index (χ3v) is 1.20. The second-order valence-electron chi connectivity index (χ2n) is 1.88. The monoisotopic (exact) mass is 192 g/mol. The van der Waals surface area contributed by atoms with Gasteiger partial charge in [-0.1, -0.05) is 6.07 Å². The van der Waals surface area contributed by atoms with E-state index in [0.717, 1.165) is 0 Å².